The molecule has 0 radical (unpaired) electrons. The first-order valence-electron chi connectivity index (χ1n) is 10.1. The van der Waals surface area contributed by atoms with E-state index in [0.717, 1.165) is 12.0 Å². The number of hydrogen-bond donors (Lipinski definition) is 3. The molecule has 3 amide bonds. The van der Waals surface area contributed by atoms with Crippen LogP contribution in [0.5, 0.6) is 0 Å². The van der Waals surface area contributed by atoms with Crippen LogP contribution in [0, 0.1) is 5.92 Å². The third kappa shape index (κ3) is 7.52. The number of nitrogens with one attached hydrogen (secondary N) is 3. The molecule has 0 unspecified atom stereocenters. The molecule has 0 saturated carbocycles. The van der Waals surface area contributed by atoms with Crippen LogP contribution in [0.1, 0.15) is 44.6 Å². The Morgan fingerprint density at radius 2 is 2.00 bits per heavy atom. The molecular weight excluding hydrogens is 370 g/mol. The summed E-state index contributed by atoms with van der Waals surface area (Å²) in [4.78, 5) is 48.2. The predicted octanol–water partition coefficient (Wildman–Crippen LogP) is 1.58. The molecule has 1 saturated heterocycles. The van der Waals surface area contributed by atoms with Crippen LogP contribution >= 0.6 is 0 Å². The largest absolute Gasteiger partial charge is 0.356 e. The lowest BCUT2D eigenvalue weighted by Crippen LogP contribution is -2.51. The quantitative estimate of drug-likeness (QED) is 0.410. The van der Waals surface area contributed by atoms with Gasteiger partial charge in [-0.2, -0.15) is 0 Å². The van der Waals surface area contributed by atoms with Crippen molar-refractivity contribution in [2.45, 2.75) is 51.1 Å². The maximum atomic E-state index is 12.6. The highest BCUT2D eigenvalue weighted by Crippen LogP contribution is 2.17. The van der Waals surface area contributed by atoms with Crippen molar-refractivity contribution in [2.75, 3.05) is 6.54 Å². The first kappa shape index (κ1) is 22.3. The molecule has 3 atom stereocenters. The monoisotopic (exact) mass is 399 g/mol. The molecule has 1 aliphatic heterocycles. The van der Waals surface area contributed by atoms with E-state index in [0.29, 0.717) is 32.1 Å². The Kier molecular flexibility index (Phi) is 9.08. The number of hydrogen-bond acceptors (Lipinski definition) is 4. The van der Waals surface area contributed by atoms with Crippen LogP contribution in [0.2, 0.25) is 0 Å². The summed E-state index contributed by atoms with van der Waals surface area (Å²) in [6.45, 7) is 2.56. The Labute approximate surface area is 171 Å². The zero-order valence-corrected chi connectivity index (χ0v) is 16.7. The van der Waals surface area contributed by atoms with Crippen molar-refractivity contribution in [1.29, 1.82) is 0 Å². The second-order valence-electron chi connectivity index (χ2n) is 7.21. The Bertz CT molecular complexity index is 733. The average Bonchev–Trinajstić information content (AvgIpc) is 2.73. The van der Waals surface area contributed by atoms with Crippen molar-refractivity contribution in [3.8, 4) is 0 Å². The van der Waals surface area contributed by atoms with E-state index < -0.39 is 18.0 Å². The summed E-state index contributed by atoms with van der Waals surface area (Å²) >= 11 is 0. The van der Waals surface area contributed by atoms with Gasteiger partial charge in [-0.3, -0.25) is 14.4 Å². The van der Waals surface area contributed by atoms with E-state index in [1.165, 1.54) is 6.08 Å². The smallest absolute Gasteiger partial charge is 0.244 e. The molecule has 156 valence electrons. The molecule has 0 aromatic heterocycles. The Morgan fingerprint density at radius 3 is 2.66 bits per heavy atom. The molecule has 1 aliphatic rings. The number of rotatable bonds is 10. The number of piperidine rings is 1. The minimum Gasteiger partial charge on any atom is -0.356 e. The van der Waals surface area contributed by atoms with E-state index in [9.17, 15) is 19.2 Å². The van der Waals surface area contributed by atoms with Gasteiger partial charge < -0.3 is 20.7 Å². The summed E-state index contributed by atoms with van der Waals surface area (Å²) in [6, 6.07) is 7.88. The molecule has 3 N–H and O–H groups in total. The Balaban J connectivity index is 1.92. The summed E-state index contributed by atoms with van der Waals surface area (Å²) in [7, 11) is 0. The molecule has 1 fully saturated rings. The van der Waals surface area contributed by atoms with Crippen LogP contribution in [0.15, 0.2) is 36.4 Å². The number of amides is 3. The Morgan fingerprint density at radius 1 is 1.24 bits per heavy atom. The highest BCUT2D eigenvalue weighted by atomic mass is 16.2. The van der Waals surface area contributed by atoms with Gasteiger partial charge in [-0.1, -0.05) is 43.7 Å². The minimum atomic E-state index is -0.757. The zero-order valence-electron chi connectivity index (χ0n) is 16.7. The summed E-state index contributed by atoms with van der Waals surface area (Å²) in [6.07, 6.45) is 6.68. The fourth-order valence-corrected chi connectivity index (χ4v) is 3.31. The van der Waals surface area contributed by atoms with Gasteiger partial charge in [0.15, 0.2) is 0 Å². The fraction of sp³-hybridized carbons (Fsp3) is 0.455. The Hall–Kier alpha value is -2.96. The highest BCUT2D eigenvalue weighted by molar-refractivity contribution is 5.96. The number of carbonyl (C=O) groups excluding carboxylic acids is 4. The van der Waals surface area contributed by atoms with Crippen LogP contribution in [0.4, 0.5) is 0 Å². The fourth-order valence-electron chi connectivity index (χ4n) is 3.31. The molecule has 1 aromatic carbocycles. The zero-order chi connectivity index (χ0) is 21.1. The second-order valence-corrected chi connectivity index (χ2v) is 7.21. The number of benzene rings is 1. The van der Waals surface area contributed by atoms with Crippen LogP contribution in [-0.2, 0) is 19.2 Å². The molecular formula is C22H29N3O4. The predicted molar refractivity (Wildman–Crippen MR) is 111 cm³/mol. The van der Waals surface area contributed by atoms with Crippen molar-refractivity contribution >= 4 is 30.1 Å². The standard InChI is InChI=1S/C22H29N3O4/c1-2-7-19(25-20(27)12-11-16-8-4-3-5-9-16)22(29)24-18(15-26)14-17-10-6-13-23-21(17)28/h3-5,8-9,11-12,15,17-19H,2,6-7,10,13-14H2,1H3,(H,23,28)(H,24,29)(H,25,27)/t17-,18-,19-/m0/s1. The molecule has 0 aliphatic carbocycles. The molecule has 1 aromatic rings. The summed E-state index contributed by atoms with van der Waals surface area (Å²) < 4.78 is 0. The third-order valence-electron chi connectivity index (χ3n) is 4.87. The van der Waals surface area contributed by atoms with E-state index in [2.05, 4.69) is 16.0 Å². The first-order chi connectivity index (χ1) is 14.0. The topological polar surface area (TPSA) is 104 Å². The van der Waals surface area contributed by atoms with Crippen LogP contribution in [0.3, 0.4) is 0 Å². The number of aldehydes is 1. The lowest BCUT2D eigenvalue weighted by molar-refractivity contribution is -0.130. The van der Waals surface area contributed by atoms with Gasteiger partial charge in [0, 0.05) is 18.5 Å². The van der Waals surface area contributed by atoms with Gasteiger partial charge in [0.25, 0.3) is 0 Å². The second kappa shape index (κ2) is 11.8. The molecule has 0 bridgehead atoms. The van der Waals surface area contributed by atoms with Crippen molar-refractivity contribution in [3.05, 3.63) is 42.0 Å². The lowest BCUT2D eigenvalue weighted by Gasteiger charge is -2.25. The highest BCUT2D eigenvalue weighted by Gasteiger charge is 2.28. The molecule has 2 rings (SSSR count). The lowest BCUT2D eigenvalue weighted by atomic mass is 9.92. The third-order valence-corrected chi connectivity index (χ3v) is 4.87. The minimum absolute atomic E-state index is 0.0817. The average molecular weight is 399 g/mol. The molecule has 29 heavy (non-hydrogen) atoms. The molecule has 7 nitrogen and oxygen atoms in total. The van der Waals surface area contributed by atoms with Gasteiger partial charge in [0.1, 0.15) is 12.3 Å². The van der Waals surface area contributed by atoms with Crippen molar-refractivity contribution < 1.29 is 19.2 Å². The van der Waals surface area contributed by atoms with Gasteiger partial charge >= 0.3 is 0 Å². The van der Waals surface area contributed by atoms with Crippen LogP contribution in [-0.4, -0.2) is 42.6 Å². The van der Waals surface area contributed by atoms with Crippen molar-refractivity contribution in [3.63, 3.8) is 0 Å². The normalized spacial score (nSPS) is 18.5. The maximum absolute atomic E-state index is 12.6. The first-order valence-corrected chi connectivity index (χ1v) is 10.1. The van der Waals surface area contributed by atoms with Gasteiger partial charge in [0.05, 0.1) is 6.04 Å². The summed E-state index contributed by atoms with van der Waals surface area (Å²) in [5.74, 6) is -1.16. The maximum Gasteiger partial charge on any atom is 0.244 e. The molecule has 0 spiro atoms. The van der Waals surface area contributed by atoms with Gasteiger partial charge in [0.2, 0.25) is 17.7 Å². The van der Waals surface area contributed by atoms with Gasteiger partial charge in [-0.15, -0.1) is 0 Å². The van der Waals surface area contributed by atoms with E-state index in [1.807, 2.05) is 37.3 Å². The van der Waals surface area contributed by atoms with Crippen molar-refractivity contribution in [1.82, 2.24) is 16.0 Å². The van der Waals surface area contributed by atoms with Crippen LogP contribution in [0.25, 0.3) is 6.08 Å². The molecule has 7 heteroatoms. The van der Waals surface area contributed by atoms with Crippen molar-refractivity contribution in [2.24, 2.45) is 5.92 Å². The SMILES string of the molecule is CCC[C@H](NC(=O)C=Cc1ccccc1)C(=O)N[C@H](C=O)C[C@@H]1CCCNC1=O. The van der Waals surface area contributed by atoms with E-state index in [1.54, 1.807) is 6.08 Å². The van der Waals surface area contributed by atoms with E-state index in [-0.39, 0.29) is 24.2 Å². The van der Waals surface area contributed by atoms with E-state index >= 15 is 0 Å². The summed E-state index contributed by atoms with van der Waals surface area (Å²) in [5.41, 5.74) is 0.880. The van der Waals surface area contributed by atoms with E-state index in [4.69, 9.17) is 0 Å². The van der Waals surface area contributed by atoms with Gasteiger partial charge in [-0.25, -0.2) is 0 Å². The van der Waals surface area contributed by atoms with Gasteiger partial charge in [-0.05, 0) is 37.3 Å². The summed E-state index contributed by atoms with van der Waals surface area (Å²) in [5, 5.41) is 8.15. The number of carbonyl (C=O) groups is 4. The van der Waals surface area contributed by atoms with Crippen LogP contribution < -0.4 is 16.0 Å². The molecule has 1 heterocycles.